The highest BCUT2D eigenvalue weighted by molar-refractivity contribution is 5.55. The van der Waals surface area contributed by atoms with Crippen LogP contribution in [0.15, 0.2) is 0 Å². The maximum absolute atomic E-state index is 10.2. The highest BCUT2D eigenvalue weighted by Gasteiger charge is 2.03. The summed E-state index contributed by atoms with van der Waals surface area (Å²) >= 11 is 0. The van der Waals surface area contributed by atoms with Crippen LogP contribution >= 0.6 is 0 Å². The van der Waals surface area contributed by atoms with Gasteiger partial charge >= 0.3 is 0 Å². The second kappa shape index (κ2) is 11.6. The van der Waals surface area contributed by atoms with E-state index in [0.717, 1.165) is 19.5 Å². The first kappa shape index (κ1) is 14.5. The number of carbonyl (C=O) groups excluding carboxylic acids is 1. The summed E-state index contributed by atoms with van der Waals surface area (Å²) in [5.74, 6) is 0. The van der Waals surface area contributed by atoms with Crippen molar-refractivity contribution in [1.29, 1.82) is 0 Å². The van der Waals surface area contributed by atoms with Gasteiger partial charge < -0.3 is 24.7 Å². The van der Waals surface area contributed by atoms with Crippen LogP contribution in [0.25, 0.3) is 0 Å². The van der Waals surface area contributed by atoms with Crippen molar-refractivity contribution in [2.75, 3.05) is 39.5 Å². The number of aldehydes is 1. The summed E-state index contributed by atoms with van der Waals surface area (Å²) in [4.78, 5) is 10.2. The van der Waals surface area contributed by atoms with E-state index < -0.39 is 6.10 Å². The Kier molecular flexibility index (Phi) is 11.2. The van der Waals surface area contributed by atoms with Gasteiger partial charge in [-0.05, 0) is 13.0 Å². The zero-order valence-corrected chi connectivity index (χ0v) is 9.28. The van der Waals surface area contributed by atoms with Crippen LogP contribution in [-0.4, -0.2) is 57.0 Å². The zero-order chi connectivity index (χ0) is 11.4. The van der Waals surface area contributed by atoms with Crippen molar-refractivity contribution >= 4 is 6.29 Å². The fourth-order valence-electron chi connectivity index (χ4n) is 0.942. The van der Waals surface area contributed by atoms with Crippen molar-refractivity contribution in [1.82, 2.24) is 5.32 Å². The molecule has 90 valence electrons. The van der Waals surface area contributed by atoms with Crippen LogP contribution in [0.2, 0.25) is 0 Å². The summed E-state index contributed by atoms with van der Waals surface area (Å²) < 4.78 is 10.2. The minimum absolute atomic E-state index is 0.276. The predicted octanol–water partition coefficient (Wildman–Crippen LogP) is -0.421. The Morgan fingerprint density at radius 1 is 1.33 bits per heavy atom. The van der Waals surface area contributed by atoms with E-state index in [1.54, 1.807) is 0 Å². The number of ether oxygens (including phenoxy) is 2. The lowest BCUT2D eigenvalue weighted by molar-refractivity contribution is -0.121. The summed E-state index contributed by atoms with van der Waals surface area (Å²) in [5, 5.41) is 11.8. The predicted molar refractivity (Wildman–Crippen MR) is 56.9 cm³/mol. The lowest BCUT2D eigenvalue weighted by Crippen LogP contribution is -2.23. The minimum Gasteiger partial charge on any atom is -0.393 e. The molecule has 0 saturated heterocycles. The number of nitrogens with one attached hydrogen (secondary N) is 1. The highest BCUT2D eigenvalue weighted by atomic mass is 16.5. The molecule has 0 aliphatic rings. The molecule has 0 rings (SSSR count). The van der Waals surface area contributed by atoms with Gasteiger partial charge in [-0.1, -0.05) is 6.92 Å². The van der Waals surface area contributed by atoms with Gasteiger partial charge in [-0.3, -0.25) is 0 Å². The molecule has 0 spiro atoms. The number of carbonyl (C=O) groups is 1. The van der Waals surface area contributed by atoms with Crippen LogP contribution in [0.4, 0.5) is 0 Å². The van der Waals surface area contributed by atoms with Gasteiger partial charge in [-0.25, -0.2) is 0 Å². The second-order valence-electron chi connectivity index (χ2n) is 3.09. The number of rotatable bonds is 11. The van der Waals surface area contributed by atoms with Crippen molar-refractivity contribution in [3.63, 3.8) is 0 Å². The molecule has 0 amide bonds. The SMILES string of the molecule is CCCNCCOCCOC(C=O)CO. The molecule has 1 unspecified atom stereocenters. The molecule has 15 heavy (non-hydrogen) atoms. The molecule has 0 aliphatic heterocycles. The van der Waals surface area contributed by atoms with Gasteiger partial charge in [0.1, 0.15) is 6.10 Å². The largest absolute Gasteiger partial charge is 0.393 e. The average molecular weight is 219 g/mol. The van der Waals surface area contributed by atoms with Gasteiger partial charge in [-0.2, -0.15) is 0 Å². The average Bonchev–Trinajstić information content (AvgIpc) is 2.27. The summed E-state index contributed by atoms with van der Waals surface area (Å²) in [6.45, 7) is 5.06. The maximum atomic E-state index is 10.2. The van der Waals surface area contributed by atoms with Gasteiger partial charge in [0.25, 0.3) is 0 Å². The summed E-state index contributed by atoms with van der Waals surface area (Å²) in [6.07, 6.45) is 0.982. The fraction of sp³-hybridized carbons (Fsp3) is 0.900. The van der Waals surface area contributed by atoms with Crippen LogP contribution in [0.5, 0.6) is 0 Å². The fourth-order valence-corrected chi connectivity index (χ4v) is 0.942. The third kappa shape index (κ3) is 9.81. The third-order valence-electron chi connectivity index (χ3n) is 1.74. The van der Waals surface area contributed by atoms with Crippen LogP contribution < -0.4 is 5.32 Å². The quantitative estimate of drug-likeness (QED) is 0.365. The summed E-state index contributed by atoms with van der Waals surface area (Å²) in [5.41, 5.74) is 0. The lowest BCUT2D eigenvalue weighted by atomic mass is 10.4. The van der Waals surface area contributed by atoms with Gasteiger partial charge in [0.05, 0.1) is 26.4 Å². The number of aliphatic hydroxyl groups excluding tert-OH is 1. The molecule has 2 N–H and O–H groups in total. The molecule has 0 aromatic rings. The van der Waals surface area contributed by atoms with Gasteiger partial charge in [0.15, 0.2) is 6.29 Å². The molecular formula is C10H21NO4. The first-order valence-corrected chi connectivity index (χ1v) is 5.31. The van der Waals surface area contributed by atoms with Crippen molar-refractivity contribution in [3.05, 3.63) is 0 Å². The minimum atomic E-state index is -0.716. The molecule has 1 atom stereocenters. The van der Waals surface area contributed by atoms with E-state index in [-0.39, 0.29) is 6.61 Å². The molecule has 5 nitrogen and oxygen atoms in total. The molecule has 0 bridgehead atoms. The topological polar surface area (TPSA) is 67.8 Å². The molecule has 0 saturated carbocycles. The van der Waals surface area contributed by atoms with Gasteiger partial charge in [0, 0.05) is 6.54 Å². The molecule has 0 aromatic carbocycles. The molecule has 5 heteroatoms. The molecule has 0 fully saturated rings. The van der Waals surface area contributed by atoms with Crippen LogP contribution in [0.1, 0.15) is 13.3 Å². The zero-order valence-electron chi connectivity index (χ0n) is 9.28. The normalized spacial score (nSPS) is 12.7. The molecule has 0 aliphatic carbocycles. The van der Waals surface area contributed by atoms with E-state index in [1.165, 1.54) is 0 Å². The first-order valence-electron chi connectivity index (χ1n) is 5.31. The molecule has 0 heterocycles. The Morgan fingerprint density at radius 2 is 2.13 bits per heavy atom. The Balaban J connectivity index is 3.07. The monoisotopic (exact) mass is 219 g/mol. The maximum Gasteiger partial charge on any atom is 0.151 e. The lowest BCUT2D eigenvalue weighted by Gasteiger charge is -2.09. The van der Waals surface area contributed by atoms with E-state index in [9.17, 15) is 4.79 Å². The third-order valence-corrected chi connectivity index (χ3v) is 1.74. The van der Waals surface area contributed by atoms with Crippen LogP contribution in [0.3, 0.4) is 0 Å². The number of hydrogen-bond donors (Lipinski definition) is 2. The Morgan fingerprint density at radius 3 is 2.73 bits per heavy atom. The van der Waals surface area contributed by atoms with Crippen LogP contribution in [0, 0.1) is 0 Å². The molecule has 0 radical (unpaired) electrons. The second-order valence-corrected chi connectivity index (χ2v) is 3.09. The molecular weight excluding hydrogens is 198 g/mol. The van der Waals surface area contributed by atoms with Crippen molar-refractivity contribution in [2.45, 2.75) is 19.4 Å². The Bertz CT molecular complexity index is 143. The van der Waals surface area contributed by atoms with Gasteiger partial charge in [0.2, 0.25) is 0 Å². The summed E-state index contributed by atoms with van der Waals surface area (Å²) in [7, 11) is 0. The van der Waals surface area contributed by atoms with E-state index in [0.29, 0.717) is 26.1 Å². The Hall–Kier alpha value is -0.490. The smallest absolute Gasteiger partial charge is 0.151 e. The number of aliphatic hydroxyl groups is 1. The van der Waals surface area contributed by atoms with E-state index in [2.05, 4.69) is 12.2 Å². The molecule has 0 aromatic heterocycles. The van der Waals surface area contributed by atoms with Crippen molar-refractivity contribution in [2.24, 2.45) is 0 Å². The van der Waals surface area contributed by atoms with E-state index in [1.807, 2.05) is 0 Å². The standard InChI is InChI=1S/C10H21NO4/c1-2-3-11-4-5-14-6-7-15-10(8-12)9-13/h8,10-11,13H,2-7,9H2,1H3. The summed E-state index contributed by atoms with van der Waals surface area (Å²) in [6, 6.07) is 0. The van der Waals surface area contributed by atoms with E-state index in [4.69, 9.17) is 14.6 Å². The van der Waals surface area contributed by atoms with Crippen molar-refractivity contribution in [3.8, 4) is 0 Å². The van der Waals surface area contributed by atoms with Crippen molar-refractivity contribution < 1.29 is 19.4 Å². The van der Waals surface area contributed by atoms with Crippen LogP contribution in [-0.2, 0) is 14.3 Å². The Labute approximate surface area is 90.8 Å². The number of hydrogen-bond acceptors (Lipinski definition) is 5. The van der Waals surface area contributed by atoms with Gasteiger partial charge in [-0.15, -0.1) is 0 Å². The highest BCUT2D eigenvalue weighted by Crippen LogP contribution is 1.86. The first-order chi connectivity index (χ1) is 7.35. The van der Waals surface area contributed by atoms with E-state index >= 15 is 0 Å².